The topological polar surface area (TPSA) is 136 Å². The van der Waals surface area contributed by atoms with Gasteiger partial charge < -0.3 is 21.9 Å². The molecule has 6 N–H and O–H groups in total. The van der Waals surface area contributed by atoms with Crippen molar-refractivity contribution in [1.29, 1.82) is 0 Å². The normalized spacial score (nSPS) is 14.1. The lowest BCUT2D eigenvalue weighted by Gasteiger charge is -2.19. The van der Waals surface area contributed by atoms with Crippen LogP contribution in [0.2, 0.25) is 0 Å². The quantitative estimate of drug-likeness (QED) is 0.447. The molecule has 0 aromatic rings. The minimum atomic E-state index is -1.18. The highest BCUT2D eigenvalue weighted by Crippen LogP contribution is 2.04. The predicted octanol–water partition coefficient (Wildman–Crippen LogP) is -1.20. The summed E-state index contributed by atoms with van der Waals surface area (Å²) in [6, 6.07) is -2.00. The van der Waals surface area contributed by atoms with Gasteiger partial charge in [-0.3, -0.25) is 14.4 Å². The zero-order chi connectivity index (χ0) is 13.6. The second-order valence-electron chi connectivity index (χ2n) is 4.30. The monoisotopic (exact) mass is 245 g/mol. The molecule has 0 aromatic carbocycles. The molecule has 2 atom stereocenters. The Morgan fingerprint density at radius 2 is 1.82 bits per heavy atom. The van der Waals surface area contributed by atoms with Crippen LogP contribution in [0.25, 0.3) is 0 Å². The van der Waals surface area contributed by atoms with Crippen molar-refractivity contribution in [3.05, 3.63) is 0 Å². The van der Waals surface area contributed by atoms with E-state index < -0.39 is 36.3 Å². The van der Waals surface area contributed by atoms with Crippen LogP contribution < -0.4 is 16.8 Å². The molecule has 0 heterocycles. The van der Waals surface area contributed by atoms with E-state index in [2.05, 4.69) is 5.32 Å². The van der Waals surface area contributed by atoms with Crippen LogP contribution in [0.15, 0.2) is 0 Å². The maximum Gasteiger partial charge on any atom is 0.305 e. The van der Waals surface area contributed by atoms with Gasteiger partial charge in [0.05, 0.1) is 12.5 Å². The predicted molar refractivity (Wildman–Crippen MR) is 60.8 cm³/mol. The van der Waals surface area contributed by atoms with Crippen molar-refractivity contribution >= 4 is 17.8 Å². The number of amides is 2. The van der Waals surface area contributed by atoms with E-state index in [4.69, 9.17) is 16.6 Å². The summed E-state index contributed by atoms with van der Waals surface area (Å²) in [5.41, 5.74) is 10.5. The van der Waals surface area contributed by atoms with Gasteiger partial charge in [0.2, 0.25) is 11.8 Å². The maximum absolute atomic E-state index is 11.5. The summed E-state index contributed by atoms with van der Waals surface area (Å²) in [6.45, 7) is 3.75. The Morgan fingerprint density at radius 3 is 2.18 bits per heavy atom. The van der Waals surface area contributed by atoms with Crippen LogP contribution in [0.1, 0.15) is 26.7 Å². The smallest absolute Gasteiger partial charge is 0.305 e. The number of primary amides is 1. The molecule has 17 heavy (non-hydrogen) atoms. The molecule has 2 amide bonds. The van der Waals surface area contributed by atoms with Crippen molar-refractivity contribution in [2.75, 3.05) is 0 Å². The van der Waals surface area contributed by atoms with Crippen LogP contribution in [0.3, 0.4) is 0 Å². The molecule has 0 saturated carbocycles. The zero-order valence-electron chi connectivity index (χ0n) is 9.97. The summed E-state index contributed by atoms with van der Waals surface area (Å²) < 4.78 is 0. The average molecular weight is 245 g/mol. The summed E-state index contributed by atoms with van der Waals surface area (Å²) in [5.74, 6) is -2.35. The highest BCUT2D eigenvalue weighted by atomic mass is 16.4. The van der Waals surface area contributed by atoms with Gasteiger partial charge in [0.1, 0.15) is 6.04 Å². The molecule has 0 rings (SSSR count). The lowest BCUT2D eigenvalue weighted by molar-refractivity contribution is -0.139. The average Bonchev–Trinajstić information content (AvgIpc) is 2.14. The number of rotatable bonds is 7. The molecule has 0 saturated heterocycles. The number of carbonyl (C=O) groups is 3. The van der Waals surface area contributed by atoms with E-state index in [0.717, 1.165) is 0 Å². The standard InChI is InChI=1S/C10H19N3O4/c1-5(2)3-7(9(12)16)13-10(17)6(11)4-8(14)15/h5-7H,3-4,11H2,1-2H3,(H2,12,16)(H,13,17)(H,14,15). The first kappa shape index (κ1) is 15.4. The Balaban J connectivity index is 4.39. The van der Waals surface area contributed by atoms with Gasteiger partial charge in [0.25, 0.3) is 0 Å². The van der Waals surface area contributed by atoms with Crippen molar-refractivity contribution in [3.63, 3.8) is 0 Å². The first-order valence-corrected chi connectivity index (χ1v) is 5.31. The van der Waals surface area contributed by atoms with E-state index in [9.17, 15) is 14.4 Å². The molecule has 98 valence electrons. The third kappa shape index (κ3) is 6.52. The number of nitrogens with one attached hydrogen (secondary N) is 1. The van der Waals surface area contributed by atoms with Crippen molar-refractivity contribution < 1.29 is 19.5 Å². The molecule has 7 nitrogen and oxygen atoms in total. The van der Waals surface area contributed by atoms with Gasteiger partial charge in [-0.1, -0.05) is 13.8 Å². The van der Waals surface area contributed by atoms with Crippen molar-refractivity contribution in [2.45, 2.75) is 38.8 Å². The molecule has 0 spiro atoms. The first-order chi connectivity index (χ1) is 7.73. The number of carbonyl (C=O) groups excluding carboxylic acids is 2. The van der Waals surface area contributed by atoms with Gasteiger partial charge in [-0.2, -0.15) is 0 Å². The van der Waals surface area contributed by atoms with Crippen LogP contribution in [0.5, 0.6) is 0 Å². The molecule has 0 fully saturated rings. The molecule has 0 bridgehead atoms. The SMILES string of the molecule is CC(C)CC(NC(=O)C(N)CC(=O)O)C(N)=O. The molecular formula is C10H19N3O4. The highest BCUT2D eigenvalue weighted by Gasteiger charge is 2.23. The van der Waals surface area contributed by atoms with Crippen LogP contribution in [-0.2, 0) is 14.4 Å². The van der Waals surface area contributed by atoms with E-state index >= 15 is 0 Å². The van der Waals surface area contributed by atoms with Gasteiger partial charge in [0, 0.05) is 0 Å². The molecule has 2 unspecified atom stereocenters. The van der Waals surface area contributed by atoms with Gasteiger partial charge in [0.15, 0.2) is 0 Å². The number of aliphatic carboxylic acids is 1. The van der Waals surface area contributed by atoms with E-state index in [0.29, 0.717) is 6.42 Å². The van der Waals surface area contributed by atoms with Crippen molar-refractivity contribution in [2.24, 2.45) is 17.4 Å². The lowest BCUT2D eigenvalue weighted by atomic mass is 10.0. The lowest BCUT2D eigenvalue weighted by Crippen LogP contribution is -2.51. The second kappa shape index (κ2) is 6.85. The van der Waals surface area contributed by atoms with Gasteiger partial charge in [-0.05, 0) is 12.3 Å². The fourth-order valence-corrected chi connectivity index (χ4v) is 1.28. The number of nitrogens with two attached hydrogens (primary N) is 2. The third-order valence-electron chi connectivity index (χ3n) is 2.10. The van der Waals surface area contributed by atoms with Crippen LogP contribution >= 0.6 is 0 Å². The minimum Gasteiger partial charge on any atom is -0.481 e. The van der Waals surface area contributed by atoms with Crippen LogP contribution in [0, 0.1) is 5.92 Å². The molecule has 0 radical (unpaired) electrons. The van der Waals surface area contributed by atoms with E-state index in [1.54, 1.807) is 0 Å². The van der Waals surface area contributed by atoms with Crippen LogP contribution in [-0.4, -0.2) is 35.0 Å². The third-order valence-corrected chi connectivity index (χ3v) is 2.10. The largest absolute Gasteiger partial charge is 0.481 e. The fraction of sp³-hybridized carbons (Fsp3) is 0.700. The van der Waals surface area contributed by atoms with Crippen LogP contribution in [0.4, 0.5) is 0 Å². The number of carboxylic acids is 1. The van der Waals surface area contributed by atoms with E-state index in [-0.39, 0.29) is 5.92 Å². The number of hydrogen-bond acceptors (Lipinski definition) is 4. The fourth-order valence-electron chi connectivity index (χ4n) is 1.28. The Bertz CT molecular complexity index is 304. The molecular weight excluding hydrogens is 226 g/mol. The number of hydrogen-bond donors (Lipinski definition) is 4. The van der Waals surface area contributed by atoms with Gasteiger partial charge in [-0.25, -0.2) is 0 Å². The Hall–Kier alpha value is -1.63. The van der Waals surface area contributed by atoms with E-state index in [1.807, 2.05) is 13.8 Å². The molecule has 0 aliphatic rings. The summed E-state index contributed by atoms with van der Waals surface area (Å²) in [6.07, 6.45) is -0.0974. The Kier molecular flexibility index (Phi) is 6.19. The van der Waals surface area contributed by atoms with E-state index in [1.165, 1.54) is 0 Å². The Morgan fingerprint density at radius 1 is 1.29 bits per heavy atom. The number of carboxylic acid groups (broad SMARTS) is 1. The molecule has 0 aliphatic carbocycles. The second-order valence-corrected chi connectivity index (χ2v) is 4.30. The summed E-state index contributed by atoms with van der Waals surface area (Å²) in [7, 11) is 0. The van der Waals surface area contributed by atoms with Crippen molar-refractivity contribution in [3.8, 4) is 0 Å². The van der Waals surface area contributed by atoms with Gasteiger partial charge in [-0.15, -0.1) is 0 Å². The molecule has 0 aromatic heterocycles. The van der Waals surface area contributed by atoms with Crippen molar-refractivity contribution in [1.82, 2.24) is 5.32 Å². The van der Waals surface area contributed by atoms with Gasteiger partial charge >= 0.3 is 5.97 Å². The molecule has 7 heteroatoms. The first-order valence-electron chi connectivity index (χ1n) is 5.31. The summed E-state index contributed by atoms with van der Waals surface area (Å²) in [4.78, 5) is 32.9. The summed E-state index contributed by atoms with van der Waals surface area (Å²) in [5, 5.41) is 10.8. The Labute approximate surface area is 99.5 Å². The molecule has 0 aliphatic heterocycles. The minimum absolute atomic E-state index is 0.170. The summed E-state index contributed by atoms with van der Waals surface area (Å²) >= 11 is 0. The zero-order valence-corrected chi connectivity index (χ0v) is 9.97. The maximum atomic E-state index is 11.5. The highest BCUT2D eigenvalue weighted by molar-refractivity contribution is 5.90.